The maximum atomic E-state index is 13.2. The quantitative estimate of drug-likeness (QED) is 0.488. The van der Waals surface area contributed by atoms with E-state index >= 15 is 0 Å². The van der Waals surface area contributed by atoms with Crippen LogP contribution in [0.4, 0.5) is 10.1 Å². The molecular weight excluding hydrogens is 425 g/mol. The lowest BCUT2D eigenvalue weighted by molar-refractivity contribution is 0.102. The van der Waals surface area contributed by atoms with Crippen molar-refractivity contribution in [3.63, 3.8) is 0 Å². The molecule has 0 atom stereocenters. The lowest BCUT2D eigenvalue weighted by Crippen LogP contribution is -2.11. The number of nitrogens with one attached hydrogen (secondary N) is 2. The molecule has 2 aromatic carbocycles. The lowest BCUT2D eigenvalue weighted by Gasteiger charge is -2.04. The van der Waals surface area contributed by atoms with Crippen LogP contribution in [0.25, 0.3) is 11.3 Å². The molecule has 31 heavy (non-hydrogen) atoms. The van der Waals surface area contributed by atoms with Gasteiger partial charge in [-0.2, -0.15) is 10.2 Å². The Hall–Kier alpha value is -3.85. The number of fused-ring (bicyclic) bond motifs is 1. The van der Waals surface area contributed by atoms with Crippen molar-refractivity contribution in [1.29, 1.82) is 0 Å². The largest absolute Gasteiger partial charge is 0.454 e. The molecule has 3 heterocycles. The van der Waals surface area contributed by atoms with E-state index in [1.165, 1.54) is 18.3 Å². The number of carbonyl (C=O) groups excluding carboxylic acids is 1. The monoisotopic (exact) mass is 439 g/mol. The number of ether oxygens (including phenoxy) is 2. The zero-order valence-corrected chi connectivity index (χ0v) is 16.7. The van der Waals surface area contributed by atoms with Crippen LogP contribution in [0.2, 0.25) is 5.02 Å². The summed E-state index contributed by atoms with van der Waals surface area (Å²) in [4.78, 5) is 12.6. The van der Waals surface area contributed by atoms with Gasteiger partial charge in [0.1, 0.15) is 11.5 Å². The molecular formula is C21H15ClFN5O3. The van der Waals surface area contributed by atoms with Gasteiger partial charge in [-0.3, -0.25) is 14.6 Å². The SMILES string of the molecule is O=C(Nc1cnn(Cc2ccc(F)cc2Cl)c1)c1cc(-c2ccc3c(c2)OCO3)n[nH]1. The van der Waals surface area contributed by atoms with Crippen molar-refractivity contribution in [2.75, 3.05) is 12.1 Å². The van der Waals surface area contributed by atoms with Gasteiger partial charge in [0.25, 0.3) is 5.91 Å². The van der Waals surface area contributed by atoms with E-state index in [1.807, 2.05) is 12.1 Å². The summed E-state index contributed by atoms with van der Waals surface area (Å²) in [6.45, 7) is 0.529. The molecule has 1 aliphatic heterocycles. The molecule has 2 N–H and O–H groups in total. The minimum absolute atomic E-state index is 0.189. The Kier molecular flexibility index (Phi) is 4.79. The molecule has 4 aromatic rings. The number of benzene rings is 2. The summed E-state index contributed by atoms with van der Waals surface area (Å²) in [5, 5.41) is 14.2. The Morgan fingerprint density at radius 1 is 1.19 bits per heavy atom. The van der Waals surface area contributed by atoms with E-state index < -0.39 is 5.82 Å². The summed E-state index contributed by atoms with van der Waals surface area (Å²) in [7, 11) is 0. The number of nitrogens with zero attached hydrogens (tertiary/aromatic N) is 3. The fraction of sp³-hybridized carbons (Fsp3) is 0.0952. The van der Waals surface area contributed by atoms with E-state index in [0.29, 0.717) is 45.7 Å². The van der Waals surface area contributed by atoms with Gasteiger partial charge in [0.2, 0.25) is 6.79 Å². The van der Waals surface area contributed by atoms with Crippen molar-refractivity contribution < 1.29 is 18.7 Å². The fourth-order valence-electron chi connectivity index (χ4n) is 3.18. The number of amides is 1. The van der Waals surface area contributed by atoms with Crippen LogP contribution in [-0.2, 0) is 6.54 Å². The molecule has 5 rings (SSSR count). The van der Waals surface area contributed by atoms with Crippen LogP contribution in [0.5, 0.6) is 11.5 Å². The Morgan fingerprint density at radius 2 is 2.06 bits per heavy atom. The van der Waals surface area contributed by atoms with Gasteiger partial charge in [0.05, 0.1) is 24.1 Å². The number of hydrogen-bond donors (Lipinski definition) is 2. The van der Waals surface area contributed by atoms with Crippen LogP contribution in [0, 0.1) is 5.82 Å². The van der Waals surface area contributed by atoms with Crippen molar-refractivity contribution in [2.45, 2.75) is 6.54 Å². The van der Waals surface area contributed by atoms with Crippen LogP contribution in [0.1, 0.15) is 16.1 Å². The van der Waals surface area contributed by atoms with Gasteiger partial charge in [-0.25, -0.2) is 4.39 Å². The second-order valence-corrected chi connectivity index (χ2v) is 7.26. The third-order valence-corrected chi connectivity index (χ3v) is 5.08. The summed E-state index contributed by atoms with van der Waals surface area (Å²) in [6.07, 6.45) is 3.18. The normalized spacial score (nSPS) is 12.2. The number of aromatic amines is 1. The smallest absolute Gasteiger partial charge is 0.273 e. The number of anilines is 1. The summed E-state index contributed by atoms with van der Waals surface area (Å²) < 4.78 is 25.5. The molecule has 156 valence electrons. The van der Waals surface area contributed by atoms with Crippen LogP contribution < -0.4 is 14.8 Å². The van der Waals surface area contributed by atoms with E-state index in [2.05, 4.69) is 20.6 Å². The zero-order chi connectivity index (χ0) is 21.4. The summed E-state index contributed by atoms with van der Waals surface area (Å²) in [5.41, 5.74) is 2.91. The molecule has 1 aliphatic rings. The number of aromatic nitrogens is 4. The van der Waals surface area contributed by atoms with Gasteiger partial charge in [0, 0.05) is 16.8 Å². The van der Waals surface area contributed by atoms with Crippen molar-refractivity contribution >= 4 is 23.2 Å². The second kappa shape index (κ2) is 7.77. The number of carbonyl (C=O) groups is 1. The predicted octanol–water partition coefficient (Wildman–Crippen LogP) is 4.10. The third-order valence-electron chi connectivity index (χ3n) is 4.73. The van der Waals surface area contributed by atoms with E-state index in [-0.39, 0.29) is 12.7 Å². The Bertz CT molecular complexity index is 1290. The van der Waals surface area contributed by atoms with Crippen LogP contribution in [-0.4, -0.2) is 32.7 Å². The minimum atomic E-state index is -0.401. The second-order valence-electron chi connectivity index (χ2n) is 6.85. The topological polar surface area (TPSA) is 94.1 Å². The Morgan fingerprint density at radius 3 is 2.94 bits per heavy atom. The van der Waals surface area contributed by atoms with E-state index in [9.17, 15) is 9.18 Å². The van der Waals surface area contributed by atoms with Gasteiger partial charge in [-0.1, -0.05) is 17.7 Å². The minimum Gasteiger partial charge on any atom is -0.454 e. The molecule has 0 bridgehead atoms. The van der Waals surface area contributed by atoms with E-state index in [1.54, 1.807) is 29.1 Å². The van der Waals surface area contributed by atoms with Crippen LogP contribution in [0.3, 0.4) is 0 Å². The first-order valence-corrected chi connectivity index (χ1v) is 9.66. The highest BCUT2D eigenvalue weighted by atomic mass is 35.5. The van der Waals surface area contributed by atoms with Gasteiger partial charge in [-0.15, -0.1) is 0 Å². The summed E-state index contributed by atoms with van der Waals surface area (Å²) in [5.74, 6) is 0.553. The average Bonchev–Trinajstić information content (AvgIpc) is 3.50. The molecule has 0 saturated carbocycles. The molecule has 1 amide bonds. The van der Waals surface area contributed by atoms with E-state index in [4.69, 9.17) is 21.1 Å². The first-order chi connectivity index (χ1) is 15.0. The van der Waals surface area contributed by atoms with Crippen molar-refractivity contribution in [3.05, 3.63) is 77.0 Å². The first-order valence-electron chi connectivity index (χ1n) is 9.28. The molecule has 0 saturated heterocycles. The number of halogens is 2. The van der Waals surface area contributed by atoms with Gasteiger partial charge in [0.15, 0.2) is 11.5 Å². The Labute approximate surface area is 180 Å². The number of hydrogen-bond acceptors (Lipinski definition) is 5. The molecule has 0 radical (unpaired) electrons. The molecule has 0 aliphatic carbocycles. The van der Waals surface area contributed by atoms with Crippen LogP contribution in [0.15, 0.2) is 54.9 Å². The summed E-state index contributed by atoms with van der Waals surface area (Å²) in [6, 6.07) is 11.3. The summed E-state index contributed by atoms with van der Waals surface area (Å²) >= 11 is 6.06. The average molecular weight is 440 g/mol. The standard InChI is InChI=1S/C21H15ClFN5O3/c22-16-6-14(23)3-1-13(16)9-28-10-15(8-24-28)25-21(29)18-7-17(26-27-18)12-2-4-19-20(5-12)31-11-30-19/h1-8,10H,9,11H2,(H,25,29)(H,26,27). The van der Waals surface area contributed by atoms with E-state index in [0.717, 1.165) is 5.56 Å². The predicted molar refractivity (Wildman–Crippen MR) is 111 cm³/mol. The highest BCUT2D eigenvalue weighted by molar-refractivity contribution is 6.31. The number of H-pyrrole nitrogens is 1. The maximum absolute atomic E-state index is 13.2. The molecule has 0 fully saturated rings. The first kappa shape index (κ1) is 19.1. The van der Waals surface area contributed by atoms with Crippen molar-refractivity contribution in [3.8, 4) is 22.8 Å². The maximum Gasteiger partial charge on any atom is 0.273 e. The molecule has 0 spiro atoms. The zero-order valence-electron chi connectivity index (χ0n) is 15.9. The van der Waals surface area contributed by atoms with Crippen LogP contribution >= 0.6 is 11.6 Å². The van der Waals surface area contributed by atoms with Gasteiger partial charge < -0.3 is 14.8 Å². The van der Waals surface area contributed by atoms with Gasteiger partial charge >= 0.3 is 0 Å². The fourth-order valence-corrected chi connectivity index (χ4v) is 3.41. The third kappa shape index (κ3) is 3.95. The van der Waals surface area contributed by atoms with Crippen molar-refractivity contribution in [1.82, 2.24) is 20.0 Å². The molecule has 2 aromatic heterocycles. The Balaban J connectivity index is 1.27. The molecule has 8 nitrogen and oxygen atoms in total. The molecule has 0 unspecified atom stereocenters. The highest BCUT2D eigenvalue weighted by Gasteiger charge is 2.17. The van der Waals surface area contributed by atoms with Gasteiger partial charge in [-0.05, 0) is 42.0 Å². The molecule has 10 heteroatoms. The number of rotatable bonds is 5. The highest BCUT2D eigenvalue weighted by Crippen LogP contribution is 2.35. The van der Waals surface area contributed by atoms with Crippen molar-refractivity contribution in [2.24, 2.45) is 0 Å². The lowest BCUT2D eigenvalue weighted by atomic mass is 10.1.